The molecule has 120 valence electrons. The van der Waals surface area contributed by atoms with Gasteiger partial charge in [-0.25, -0.2) is 9.97 Å². The Labute approximate surface area is 136 Å². The highest BCUT2D eigenvalue weighted by molar-refractivity contribution is 5.82. The average Bonchev–Trinajstić information content (AvgIpc) is 2.55. The molecular formula is C18H22N4O. The number of hydrogen-bond donors (Lipinski definition) is 1. The SMILES string of the molecule is COc1cnccc1-c1cnc(N)nc1C1=CCC(C)(C)CC1. The molecule has 0 radical (unpaired) electrons. The second-order valence-corrected chi connectivity index (χ2v) is 6.66. The maximum atomic E-state index is 5.84. The van der Waals surface area contributed by atoms with Crippen LogP contribution in [-0.2, 0) is 0 Å². The number of nitrogens with zero attached hydrogens (tertiary/aromatic N) is 3. The molecule has 2 N–H and O–H groups in total. The van der Waals surface area contributed by atoms with Crippen molar-refractivity contribution in [2.75, 3.05) is 12.8 Å². The van der Waals surface area contributed by atoms with Gasteiger partial charge in [0.15, 0.2) is 0 Å². The molecule has 5 nitrogen and oxygen atoms in total. The van der Waals surface area contributed by atoms with Gasteiger partial charge in [-0.15, -0.1) is 0 Å². The summed E-state index contributed by atoms with van der Waals surface area (Å²) in [5, 5.41) is 0. The molecule has 0 fully saturated rings. The summed E-state index contributed by atoms with van der Waals surface area (Å²) in [6.45, 7) is 4.59. The van der Waals surface area contributed by atoms with Gasteiger partial charge >= 0.3 is 0 Å². The molecular weight excluding hydrogens is 288 g/mol. The smallest absolute Gasteiger partial charge is 0.220 e. The lowest BCUT2D eigenvalue weighted by molar-refractivity contribution is 0.335. The molecule has 0 bridgehead atoms. The summed E-state index contributed by atoms with van der Waals surface area (Å²) in [4.78, 5) is 12.8. The molecule has 0 unspecified atom stereocenters. The van der Waals surface area contributed by atoms with Gasteiger partial charge in [0.25, 0.3) is 0 Å². The minimum absolute atomic E-state index is 0.294. The predicted octanol–water partition coefficient (Wildman–Crippen LogP) is 3.72. The number of nitrogens with two attached hydrogens (primary N) is 1. The van der Waals surface area contributed by atoms with E-state index in [4.69, 9.17) is 10.5 Å². The summed E-state index contributed by atoms with van der Waals surface area (Å²) in [7, 11) is 1.64. The summed E-state index contributed by atoms with van der Waals surface area (Å²) < 4.78 is 5.44. The van der Waals surface area contributed by atoms with E-state index in [-0.39, 0.29) is 0 Å². The van der Waals surface area contributed by atoms with Gasteiger partial charge in [-0.2, -0.15) is 0 Å². The van der Waals surface area contributed by atoms with Crippen molar-refractivity contribution in [1.29, 1.82) is 0 Å². The number of allylic oxidation sites excluding steroid dienone is 2. The second kappa shape index (κ2) is 5.99. The lowest BCUT2D eigenvalue weighted by atomic mass is 9.77. The molecule has 0 atom stereocenters. The van der Waals surface area contributed by atoms with Crippen molar-refractivity contribution in [3.8, 4) is 16.9 Å². The van der Waals surface area contributed by atoms with Crippen molar-refractivity contribution in [2.45, 2.75) is 33.1 Å². The number of nitrogen functional groups attached to an aromatic ring is 1. The van der Waals surface area contributed by atoms with E-state index in [9.17, 15) is 0 Å². The number of hydrogen-bond acceptors (Lipinski definition) is 5. The predicted molar refractivity (Wildman–Crippen MR) is 91.8 cm³/mol. The van der Waals surface area contributed by atoms with Crippen LogP contribution in [-0.4, -0.2) is 22.1 Å². The number of rotatable bonds is 3. The number of aromatic nitrogens is 3. The van der Waals surface area contributed by atoms with E-state index in [0.717, 1.165) is 36.1 Å². The summed E-state index contributed by atoms with van der Waals surface area (Å²) in [5.41, 5.74) is 10.2. The monoisotopic (exact) mass is 310 g/mol. The Morgan fingerprint density at radius 1 is 1.22 bits per heavy atom. The van der Waals surface area contributed by atoms with E-state index in [1.54, 1.807) is 25.7 Å². The van der Waals surface area contributed by atoms with Crippen LogP contribution in [0.2, 0.25) is 0 Å². The molecule has 1 aliphatic carbocycles. The van der Waals surface area contributed by atoms with Gasteiger partial charge in [0, 0.05) is 23.5 Å². The molecule has 3 rings (SSSR count). The quantitative estimate of drug-likeness (QED) is 0.935. The average molecular weight is 310 g/mol. The topological polar surface area (TPSA) is 73.9 Å². The molecule has 5 heteroatoms. The van der Waals surface area contributed by atoms with Gasteiger partial charge in [0.2, 0.25) is 5.95 Å². The maximum Gasteiger partial charge on any atom is 0.220 e. The normalized spacial score (nSPS) is 16.7. The summed E-state index contributed by atoms with van der Waals surface area (Å²) in [5.74, 6) is 1.00. The zero-order valence-electron chi connectivity index (χ0n) is 13.8. The first-order valence-corrected chi connectivity index (χ1v) is 7.80. The first-order chi connectivity index (χ1) is 11.0. The Bertz CT molecular complexity index is 752. The Morgan fingerprint density at radius 3 is 2.74 bits per heavy atom. The zero-order chi connectivity index (χ0) is 16.4. The third kappa shape index (κ3) is 3.18. The van der Waals surface area contributed by atoms with Crippen LogP contribution in [0.4, 0.5) is 5.95 Å². The highest BCUT2D eigenvalue weighted by Crippen LogP contribution is 2.41. The van der Waals surface area contributed by atoms with Crippen LogP contribution in [0, 0.1) is 5.41 Å². The van der Waals surface area contributed by atoms with Crippen molar-refractivity contribution in [2.24, 2.45) is 5.41 Å². The minimum Gasteiger partial charge on any atom is -0.494 e. The molecule has 2 heterocycles. The van der Waals surface area contributed by atoms with Gasteiger partial charge in [-0.1, -0.05) is 19.9 Å². The van der Waals surface area contributed by atoms with Crippen molar-refractivity contribution >= 4 is 11.5 Å². The van der Waals surface area contributed by atoms with Crippen LogP contribution in [0.1, 0.15) is 38.8 Å². The van der Waals surface area contributed by atoms with E-state index in [2.05, 4.69) is 34.9 Å². The fraction of sp³-hybridized carbons (Fsp3) is 0.389. The molecule has 0 aliphatic heterocycles. The lowest BCUT2D eigenvalue weighted by Crippen LogP contribution is -2.15. The zero-order valence-corrected chi connectivity index (χ0v) is 13.8. The lowest BCUT2D eigenvalue weighted by Gasteiger charge is -2.29. The summed E-state index contributed by atoms with van der Waals surface area (Å²) >= 11 is 0. The molecule has 2 aromatic rings. The molecule has 1 aliphatic rings. The van der Waals surface area contributed by atoms with Crippen LogP contribution < -0.4 is 10.5 Å². The van der Waals surface area contributed by atoms with Crippen molar-refractivity contribution in [3.05, 3.63) is 36.4 Å². The van der Waals surface area contributed by atoms with Gasteiger partial charge in [-0.3, -0.25) is 4.98 Å². The van der Waals surface area contributed by atoms with E-state index >= 15 is 0 Å². The minimum atomic E-state index is 0.294. The van der Waals surface area contributed by atoms with E-state index in [1.165, 1.54) is 5.57 Å². The van der Waals surface area contributed by atoms with Gasteiger partial charge in [0.1, 0.15) is 5.75 Å². The maximum absolute atomic E-state index is 5.84. The van der Waals surface area contributed by atoms with Crippen molar-refractivity contribution in [1.82, 2.24) is 15.0 Å². The Balaban J connectivity index is 2.11. The highest BCUT2D eigenvalue weighted by atomic mass is 16.5. The highest BCUT2D eigenvalue weighted by Gasteiger charge is 2.24. The first kappa shape index (κ1) is 15.5. The molecule has 0 saturated heterocycles. The van der Waals surface area contributed by atoms with E-state index < -0.39 is 0 Å². The number of pyridine rings is 1. The largest absolute Gasteiger partial charge is 0.494 e. The molecule has 23 heavy (non-hydrogen) atoms. The van der Waals surface area contributed by atoms with Crippen LogP contribution in [0.3, 0.4) is 0 Å². The number of ether oxygens (including phenoxy) is 1. The standard InChI is InChI=1S/C18H22N4O/c1-18(2)7-4-12(5-8-18)16-14(10-21-17(19)22-16)13-6-9-20-11-15(13)23-3/h4,6,9-11H,5,7-8H2,1-3H3,(H2,19,21,22). The first-order valence-electron chi connectivity index (χ1n) is 7.80. The molecule has 0 spiro atoms. The third-order valence-corrected chi connectivity index (χ3v) is 4.38. The van der Waals surface area contributed by atoms with Crippen LogP contribution in [0.15, 0.2) is 30.7 Å². The van der Waals surface area contributed by atoms with Gasteiger partial charge in [0.05, 0.1) is 19.0 Å². The second-order valence-electron chi connectivity index (χ2n) is 6.66. The fourth-order valence-corrected chi connectivity index (χ4v) is 2.89. The molecule has 0 aromatic carbocycles. The molecule has 0 amide bonds. The van der Waals surface area contributed by atoms with Gasteiger partial charge < -0.3 is 10.5 Å². The van der Waals surface area contributed by atoms with E-state index in [1.807, 2.05) is 6.07 Å². The van der Waals surface area contributed by atoms with Gasteiger partial charge in [-0.05, 0) is 36.3 Å². The summed E-state index contributed by atoms with van der Waals surface area (Å²) in [6.07, 6.45) is 10.7. The number of anilines is 1. The van der Waals surface area contributed by atoms with Crippen molar-refractivity contribution in [3.63, 3.8) is 0 Å². The van der Waals surface area contributed by atoms with E-state index in [0.29, 0.717) is 17.1 Å². The van der Waals surface area contributed by atoms with Crippen LogP contribution in [0.5, 0.6) is 5.75 Å². The number of methoxy groups -OCH3 is 1. The summed E-state index contributed by atoms with van der Waals surface area (Å²) in [6, 6.07) is 1.92. The van der Waals surface area contributed by atoms with Crippen LogP contribution >= 0.6 is 0 Å². The van der Waals surface area contributed by atoms with Crippen LogP contribution in [0.25, 0.3) is 16.7 Å². The third-order valence-electron chi connectivity index (χ3n) is 4.38. The Hall–Kier alpha value is -2.43. The Kier molecular flexibility index (Phi) is 4.03. The fourth-order valence-electron chi connectivity index (χ4n) is 2.89. The Morgan fingerprint density at radius 2 is 2.04 bits per heavy atom. The molecule has 2 aromatic heterocycles. The molecule has 0 saturated carbocycles. The van der Waals surface area contributed by atoms with Crippen molar-refractivity contribution < 1.29 is 4.74 Å².